The lowest BCUT2D eigenvalue weighted by molar-refractivity contribution is 0.216. The van der Waals surface area contributed by atoms with Crippen LogP contribution in [0.25, 0.3) is 11.3 Å². The first-order valence-corrected chi connectivity index (χ1v) is 9.30. The van der Waals surface area contributed by atoms with E-state index in [9.17, 15) is 4.39 Å². The molecular weight excluding hydrogens is 351 g/mol. The first-order valence-electron chi connectivity index (χ1n) is 9.30. The molecule has 0 N–H and O–H groups in total. The molecule has 3 nitrogen and oxygen atoms in total. The Hall–Kier alpha value is -1.65. The maximum Gasteiger partial charge on any atom is 0.123 e. The Kier molecular flexibility index (Phi) is 8.33. The molecule has 1 aliphatic rings. The molecule has 0 bridgehead atoms. The molecule has 1 aromatic carbocycles. The van der Waals surface area contributed by atoms with Gasteiger partial charge in [-0.05, 0) is 76.5 Å². The van der Waals surface area contributed by atoms with Crippen molar-refractivity contribution in [2.24, 2.45) is 0 Å². The average Bonchev–Trinajstić information content (AvgIpc) is 2.62. The first-order chi connectivity index (χ1) is 12.2. The van der Waals surface area contributed by atoms with E-state index in [1.165, 1.54) is 57.5 Å². The van der Waals surface area contributed by atoms with Crippen molar-refractivity contribution in [3.8, 4) is 17.0 Å². The van der Waals surface area contributed by atoms with E-state index >= 15 is 0 Å². The van der Waals surface area contributed by atoms with Crippen LogP contribution in [-0.2, 0) is 0 Å². The summed E-state index contributed by atoms with van der Waals surface area (Å²) in [6.07, 6.45) is 6.31. The van der Waals surface area contributed by atoms with E-state index in [1.807, 2.05) is 19.1 Å². The van der Waals surface area contributed by atoms with Crippen molar-refractivity contribution in [3.63, 3.8) is 0 Å². The molecular formula is C21H28ClFN2O. The summed E-state index contributed by atoms with van der Waals surface area (Å²) in [5.41, 5.74) is 2.63. The molecule has 0 amide bonds. The quantitative estimate of drug-likeness (QED) is 0.614. The highest BCUT2D eigenvalue weighted by molar-refractivity contribution is 5.85. The maximum atomic E-state index is 13.1. The fourth-order valence-electron chi connectivity index (χ4n) is 3.30. The summed E-state index contributed by atoms with van der Waals surface area (Å²) in [6, 6.07) is 10.3. The second-order valence-corrected chi connectivity index (χ2v) is 6.79. The van der Waals surface area contributed by atoms with Crippen LogP contribution in [0.1, 0.15) is 37.8 Å². The Bertz CT molecular complexity index is 672. The predicted molar refractivity (Wildman–Crippen MR) is 107 cm³/mol. The number of nitrogens with zero attached hydrogens (tertiary/aromatic N) is 2. The Labute approximate surface area is 162 Å². The van der Waals surface area contributed by atoms with Gasteiger partial charge in [-0.3, -0.25) is 4.98 Å². The number of unbranched alkanes of at least 4 members (excludes halogenated alkanes) is 1. The van der Waals surface area contributed by atoms with Crippen LogP contribution < -0.4 is 4.74 Å². The van der Waals surface area contributed by atoms with Crippen molar-refractivity contribution in [2.45, 2.75) is 39.0 Å². The Morgan fingerprint density at radius 2 is 1.77 bits per heavy atom. The second kappa shape index (κ2) is 10.5. The summed E-state index contributed by atoms with van der Waals surface area (Å²) in [5, 5.41) is 0. The Balaban J connectivity index is 0.00000243. The number of hydrogen-bond donors (Lipinski definition) is 0. The molecule has 142 valence electrons. The molecule has 0 aliphatic carbocycles. The first kappa shape index (κ1) is 20.7. The highest BCUT2D eigenvalue weighted by Crippen LogP contribution is 2.23. The smallest absolute Gasteiger partial charge is 0.123 e. The van der Waals surface area contributed by atoms with Crippen LogP contribution in [0.15, 0.2) is 36.4 Å². The van der Waals surface area contributed by atoms with Crippen LogP contribution >= 0.6 is 12.4 Å². The molecule has 1 aromatic heterocycles. The van der Waals surface area contributed by atoms with E-state index in [4.69, 9.17) is 4.74 Å². The van der Waals surface area contributed by atoms with E-state index in [0.29, 0.717) is 0 Å². The fraction of sp³-hybridized carbons (Fsp3) is 0.476. The zero-order valence-corrected chi connectivity index (χ0v) is 16.2. The average molecular weight is 379 g/mol. The lowest BCUT2D eigenvalue weighted by atomic mass is 10.1. The Morgan fingerprint density at radius 3 is 2.50 bits per heavy atom. The Morgan fingerprint density at radius 1 is 1.04 bits per heavy atom. The summed E-state index contributed by atoms with van der Waals surface area (Å²) >= 11 is 0. The number of aryl methyl sites for hydroxylation is 1. The largest absolute Gasteiger partial charge is 0.493 e. The van der Waals surface area contributed by atoms with E-state index < -0.39 is 0 Å². The molecule has 0 saturated carbocycles. The van der Waals surface area contributed by atoms with Gasteiger partial charge < -0.3 is 9.64 Å². The van der Waals surface area contributed by atoms with Crippen LogP contribution in [0.3, 0.4) is 0 Å². The molecule has 26 heavy (non-hydrogen) atoms. The van der Waals surface area contributed by atoms with Crippen LogP contribution in [0.5, 0.6) is 5.75 Å². The number of piperidine rings is 1. The van der Waals surface area contributed by atoms with Crippen LogP contribution in [0.4, 0.5) is 4.39 Å². The van der Waals surface area contributed by atoms with Crippen LogP contribution in [0.2, 0.25) is 0 Å². The van der Waals surface area contributed by atoms with E-state index in [2.05, 4.69) is 9.88 Å². The lowest BCUT2D eigenvalue weighted by Crippen LogP contribution is -2.30. The summed E-state index contributed by atoms with van der Waals surface area (Å²) < 4.78 is 19.0. The minimum atomic E-state index is -0.235. The molecule has 5 heteroatoms. The molecule has 2 aromatic rings. The van der Waals surface area contributed by atoms with Crippen LogP contribution in [0, 0.1) is 12.7 Å². The molecule has 1 fully saturated rings. The van der Waals surface area contributed by atoms with E-state index in [1.54, 1.807) is 12.1 Å². The van der Waals surface area contributed by atoms with Crippen molar-refractivity contribution in [1.29, 1.82) is 0 Å². The van der Waals surface area contributed by atoms with Gasteiger partial charge in [0, 0.05) is 23.4 Å². The second-order valence-electron chi connectivity index (χ2n) is 6.79. The third-order valence-corrected chi connectivity index (χ3v) is 4.65. The van der Waals surface area contributed by atoms with Gasteiger partial charge in [-0.25, -0.2) is 4.39 Å². The zero-order chi connectivity index (χ0) is 17.5. The third kappa shape index (κ3) is 6.26. The summed E-state index contributed by atoms with van der Waals surface area (Å²) in [7, 11) is 0. The van der Waals surface area contributed by atoms with Gasteiger partial charge in [0.25, 0.3) is 0 Å². The van der Waals surface area contributed by atoms with Gasteiger partial charge in [-0.1, -0.05) is 6.42 Å². The van der Waals surface area contributed by atoms with Gasteiger partial charge in [0.2, 0.25) is 0 Å². The molecule has 0 radical (unpaired) electrons. The van der Waals surface area contributed by atoms with Gasteiger partial charge in [0.15, 0.2) is 0 Å². The summed E-state index contributed by atoms with van der Waals surface area (Å²) in [4.78, 5) is 7.09. The SMILES string of the molecule is Cc1cc(OCCCCN2CCCCC2)cc(-c2ccc(F)cc2)n1.Cl. The minimum Gasteiger partial charge on any atom is -0.493 e. The number of aromatic nitrogens is 1. The number of pyridine rings is 1. The van der Waals surface area contributed by atoms with Gasteiger partial charge >= 0.3 is 0 Å². The highest BCUT2D eigenvalue weighted by atomic mass is 35.5. The van der Waals surface area contributed by atoms with Crippen LogP contribution in [-0.4, -0.2) is 36.1 Å². The van der Waals surface area contributed by atoms with Crippen molar-refractivity contribution >= 4 is 12.4 Å². The number of hydrogen-bond acceptors (Lipinski definition) is 3. The molecule has 0 atom stereocenters. The zero-order valence-electron chi connectivity index (χ0n) is 15.4. The van der Waals surface area contributed by atoms with Gasteiger partial charge in [-0.2, -0.15) is 0 Å². The normalized spacial score (nSPS) is 14.7. The fourth-order valence-corrected chi connectivity index (χ4v) is 3.30. The topological polar surface area (TPSA) is 25.4 Å². The highest BCUT2D eigenvalue weighted by Gasteiger charge is 2.09. The maximum absolute atomic E-state index is 13.1. The number of halogens is 2. The van der Waals surface area contributed by atoms with Gasteiger partial charge in [0.05, 0.1) is 12.3 Å². The van der Waals surface area contributed by atoms with Crippen molar-refractivity contribution in [1.82, 2.24) is 9.88 Å². The monoisotopic (exact) mass is 378 g/mol. The molecule has 1 aliphatic heterocycles. The summed E-state index contributed by atoms with van der Waals surface area (Å²) in [6.45, 7) is 6.37. The molecule has 3 rings (SSSR count). The molecule has 0 unspecified atom stereocenters. The van der Waals surface area contributed by atoms with Crippen molar-refractivity contribution in [2.75, 3.05) is 26.2 Å². The van der Waals surface area contributed by atoms with E-state index in [-0.39, 0.29) is 18.2 Å². The van der Waals surface area contributed by atoms with E-state index in [0.717, 1.165) is 35.7 Å². The summed E-state index contributed by atoms with van der Waals surface area (Å²) in [5.74, 6) is 0.603. The number of likely N-dealkylation sites (tertiary alicyclic amines) is 1. The number of benzene rings is 1. The molecule has 1 saturated heterocycles. The standard InChI is InChI=1S/C21H27FN2O.ClH/c1-17-15-20(16-21(23-17)18-7-9-19(22)10-8-18)25-14-6-5-13-24-11-3-2-4-12-24;/h7-10,15-16H,2-6,11-14H2,1H3;1H. The van der Waals surface area contributed by atoms with Gasteiger partial charge in [-0.15, -0.1) is 12.4 Å². The number of ether oxygens (including phenoxy) is 1. The minimum absolute atomic E-state index is 0. The predicted octanol–water partition coefficient (Wildman–Crippen LogP) is 5.26. The third-order valence-electron chi connectivity index (χ3n) is 4.65. The van der Waals surface area contributed by atoms with Crippen molar-refractivity contribution < 1.29 is 9.13 Å². The van der Waals surface area contributed by atoms with Crippen molar-refractivity contribution in [3.05, 3.63) is 47.9 Å². The molecule has 0 spiro atoms. The number of rotatable bonds is 7. The lowest BCUT2D eigenvalue weighted by Gasteiger charge is -2.26. The van der Waals surface area contributed by atoms with Gasteiger partial charge in [0.1, 0.15) is 11.6 Å². The molecule has 2 heterocycles.